The van der Waals surface area contributed by atoms with Gasteiger partial charge in [-0.1, -0.05) is 47.6 Å². The zero-order valence-electron chi connectivity index (χ0n) is 17.9. The molecule has 158 valence electrons. The molecule has 3 aromatic heterocycles. The third-order valence-corrected chi connectivity index (χ3v) is 5.80. The van der Waals surface area contributed by atoms with E-state index in [2.05, 4.69) is 16.2 Å². The smallest absolute Gasteiger partial charge is 0.329 e. The van der Waals surface area contributed by atoms with Crippen LogP contribution in [-0.4, -0.2) is 19.3 Å². The van der Waals surface area contributed by atoms with E-state index in [0.29, 0.717) is 13.1 Å². The van der Waals surface area contributed by atoms with Gasteiger partial charge in [-0.2, -0.15) is 5.26 Å². The van der Waals surface area contributed by atoms with Crippen LogP contribution in [0.15, 0.2) is 64.0 Å². The van der Waals surface area contributed by atoms with E-state index >= 15 is 0 Å². The zero-order chi connectivity index (χ0) is 22.2. The van der Waals surface area contributed by atoms with Crippen molar-refractivity contribution in [2.24, 2.45) is 0 Å². The van der Waals surface area contributed by atoms with Crippen LogP contribution in [0.25, 0.3) is 33.1 Å². The highest BCUT2D eigenvalue weighted by atomic mass is 16.5. The van der Waals surface area contributed by atoms with Crippen molar-refractivity contribution in [3.05, 3.63) is 82.2 Å². The number of rotatable bonds is 5. The Balaban J connectivity index is 1.76. The minimum absolute atomic E-state index is 0.136. The lowest BCUT2D eigenvalue weighted by Crippen LogP contribution is -2.24. The third kappa shape index (κ3) is 3.17. The fraction of sp³-hybridized carbons (Fsp3) is 0.200. The van der Waals surface area contributed by atoms with Crippen LogP contribution in [0.5, 0.6) is 0 Å². The molecule has 0 radical (unpaired) electrons. The van der Waals surface area contributed by atoms with Gasteiger partial charge in [0.25, 0.3) is 0 Å². The van der Waals surface area contributed by atoms with Crippen molar-refractivity contribution >= 4 is 21.9 Å². The molecule has 0 aliphatic carbocycles. The van der Waals surface area contributed by atoms with Crippen LogP contribution < -0.4 is 5.69 Å². The molecule has 0 amide bonds. The normalized spacial score (nSPS) is 11.3. The molecule has 2 aromatic carbocycles. The van der Waals surface area contributed by atoms with Gasteiger partial charge in [-0.3, -0.25) is 14.1 Å². The number of benzene rings is 2. The lowest BCUT2D eigenvalue weighted by molar-refractivity contribution is 0.393. The molecule has 5 rings (SSSR count). The summed E-state index contributed by atoms with van der Waals surface area (Å²) >= 11 is 0. The molecule has 7 nitrogen and oxygen atoms in total. The zero-order valence-corrected chi connectivity index (χ0v) is 17.9. The largest absolute Gasteiger partial charge is 0.361 e. The Labute approximate surface area is 184 Å². The van der Waals surface area contributed by atoms with Crippen molar-refractivity contribution in [2.75, 3.05) is 0 Å². The molecule has 0 saturated carbocycles. The first-order chi connectivity index (χ1) is 15.6. The first-order valence-corrected chi connectivity index (χ1v) is 10.4. The first kappa shape index (κ1) is 19.8. The van der Waals surface area contributed by atoms with E-state index in [4.69, 9.17) is 9.78 Å². The highest BCUT2D eigenvalue weighted by molar-refractivity contribution is 6.03. The summed E-state index contributed by atoms with van der Waals surface area (Å²) in [5, 5.41) is 14.0. The van der Waals surface area contributed by atoms with Gasteiger partial charge in [0, 0.05) is 17.5 Å². The highest BCUT2D eigenvalue weighted by Crippen LogP contribution is 2.31. The molecule has 3 heterocycles. The van der Waals surface area contributed by atoms with Crippen molar-refractivity contribution in [3.8, 4) is 17.2 Å². The Morgan fingerprint density at radius 3 is 2.62 bits per heavy atom. The van der Waals surface area contributed by atoms with Gasteiger partial charge in [0.2, 0.25) is 0 Å². The molecule has 0 saturated heterocycles. The summed E-state index contributed by atoms with van der Waals surface area (Å²) in [5.74, 6) is 0.756. The second-order valence-electron chi connectivity index (χ2n) is 7.84. The Hall–Kier alpha value is -4.18. The van der Waals surface area contributed by atoms with Gasteiger partial charge in [-0.05, 0) is 31.0 Å². The van der Waals surface area contributed by atoms with Crippen molar-refractivity contribution in [1.82, 2.24) is 19.3 Å². The van der Waals surface area contributed by atoms with Crippen LogP contribution in [0.4, 0.5) is 0 Å². The number of pyridine rings is 1. The summed E-state index contributed by atoms with van der Waals surface area (Å²) in [6.07, 6.45) is 1.99. The van der Waals surface area contributed by atoms with Crippen molar-refractivity contribution in [2.45, 2.75) is 33.4 Å². The molecule has 7 heteroatoms. The van der Waals surface area contributed by atoms with E-state index < -0.39 is 0 Å². The van der Waals surface area contributed by atoms with Gasteiger partial charge >= 0.3 is 5.69 Å². The predicted octanol–water partition coefficient (Wildman–Crippen LogP) is 4.59. The molecule has 0 unspecified atom stereocenters. The second kappa shape index (κ2) is 7.82. The van der Waals surface area contributed by atoms with Crippen molar-refractivity contribution in [1.29, 1.82) is 5.26 Å². The number of imidazole rings is 1. The first-order valence-electron chi connectivity index (χ1n) is 10.4. The van der Waals surface area contributed by atoms with E-state index in [9.17, 15) is 4.79 Å². The van der Waals surface area contributed by atoms with Crippen LogP contribution >= 0.6 is 0 Å². The number of aryl methyl sites for hydroxylation is 3. The summed E-state index contributed by atoms with van der Waals surface area (Å²) < 4.78 is 8.76. The summed E-state index contributed by atoms with van der Waals surface area (Å²) in [6.45, 7) is 4.58. The molecule has 0 fully saturated rings. The summed E-state index contributed by atoms with van der Waals surface area (Å²) in [7, 11) is 0. The number of aromatic nitrogens is 4. The number of hydrogen-bond donors (Lipinski definition) is 0. The summed E-state index contributed by atoms with van der Waals surface area (Å²) in [4.78, 5) is 18.0. The van der Waals surface area contributed by atoms with E-state index in [1.807, 2.05) is 62.4 Å². The minimum atomic E-state index is -0.136. The van der Waals surface area contributed by atoms with Crippen LogP contribution in [-0.2, 0) is 13.1 Å². The Kier molecular flexibility index (Phi) is 4.83. The summed E-state index contributed by atoms with van der Waals surface area (Å²) in [6, 6.07) is 18.0. The van der Waals surface area contributed by atoms with Crippen LogP contribution in [0.3, 0.4) is 0 Å². The molecule has 0 spiro atoms. The maximum atomic E-state index is 13.4. The van der Waals surface area contributed by atoms with Gasteiger partial charge in [-0.15, -0.1) is 0 Å². The van der Waals surface area contributed by atoms with Gasteiger partial charge in [0.15, 0.2) is 0 Å². The summed E-state index contributed by atoms with van der Waals surface area (Å²) in [5.41, 5.74) is 6.00. The van der Waals surface area contributed by atoms with Gasteiger partial charge in [-0.25, -0.2) is 4.79 Å². The molecule has 0 aliphatic rings. The number of nitrogens with zero attached hydrogens (tertiary/aromatic N) is 5. The Morgan fingerprint density at radius 2 is 1.91 bits per heavy atom. The molecule has 0 aliphatic heterocycles. The SMILES string of the molecule is Cc1noc(C)c1-c1ccc2c(c1)ncc1c2n(Cc2ccccc2)c(=O)n1CCC#N. The lowest BCUT2D eigenvalue weighted by Gasteiger charge is -2.08. The number of hydrogen-bond acceptors (Lipinski definition) is 5. The van der Waals surface area contributed by atoms with Gasteiger partial charge in [0.1, 0.15) is 5.76 Å². The third-order valence-electron chi connectivity index (χ3n) is 5.80. The molecular formula is C25H21N5O2. The lowest BCUT2D eigenvalue weighted by atomic mass is 10.0. The fourth-order valence-electron chi connectivity index (χ4n) is 4.34. The van der Waals surface area contributed by atoms with Crippen molar-refractivity contribution in [3.63, 3.8) is 0 Å². The number of fused-ring (bicyclic) bond motifs is 3. The average molecular weight is 423 g/mol. The van der Waals surface area contributed by atoms with Crippen LogP contribution in [0.1, 0.15) is 23.4 Å². The minimum Gasteiger partial charge on any atom is -0.361 e. The van der Waals surface area contributed by atoms with Crippen molar-refractivity contribution < 1.29 is 4.52 Å². The van der Waals surface area contributed by atoms with E-state index in [1.54, 1.807) is 15.3 Å². The number of nitriles is 1. The Bertz CT molecular complexity index is 1530. The van der Waals surface area contributed by atoms with E-state index in [0.717, 1.165) is 50.1 Å². The highest BCUT2D eigenvalue weighted by Gasteiger charge is 2.18. The molecule has 0 N–H and O–H groups in total. The monoisotopic (exact) mass is 423 g/mol. The maximum Gasteiger partial charge on any atom is 0.329 e. The van der Waals surface area contributed by atoms with Crippen LogP contribution in [0, 0.1) is 25.2 Å². The van der Waals surface area contributed by atoms with Gasteiger partial charge in [0.05, 0.1) is 47.5 Å². The molecular weight excluding hydrogens is 402 g/mol. The predicted molar refractivity (Wildman–Crippen MR) is 122 cm³/mol. The fourth-order valence-corrected chi connectivity index (χ4v) is 4.34. The quantitative estimate of drug-likeness (QED) is 0.413. The standard InChI is InChI=1S/C25H21N5O2/c1-16-23(17(2)32-28-16)19-9-10-20-21(13-19)27-14-22-24(20)30(15-18-7-4-3-5-8-18)25(31)29(22)12-6-11-26/h3-5,7-10,13-14H,6,12,15H2,1-2H3. The van der Waals surface area contributed by atoms with Gasteiger partial charge < -0.3 is 4.52 Å². The van der Waals surface area contributed by atoms with E-state index in [1.165, 1.54) is 0 Å². The molecule has 32 heavy (non-hydrogen) atoms. The Morgan fingerprint density at radius 1 is 1.09 bits per heavy atom. The molecule has 5 aromatic rings. The van der Waals surface area contributed by atoms with E-state index in [-0.39, 0.29) is 12.1 Å². The second-order valence-corrected chi connectivity index (χ2v) is 7.84. The van der Waals surface area contributed by atoms with Crippen LogP contribution in [0.2, 0.25) is 0 Å². The average Bonchev–Trinajstić information content (AvgIpc) is 3.28. The molecule has 0 bridgehead atoms. The topological polar surface area (TPSA) is 89.6 Å². The maximum absolute atomic E-state index is 13.4. The molecule has 0 atom stereocenters.